The fraction of sp³-hybridized carbons (Fsp3) is 0.421. The molecule has 1 heterocycles. The van der Waals surface area contributed by atoms with Crippen LogP contribution in [0.3, 0.4) is 0 Å². The molecule has 0 saturated heterocycles. The lowest BCUT2D eigenvalue weighted by Crippen LogP contribution is -2.14. The van der Waals surface area contributed by atoms with Crippen molar-refractivity contribution < 1.29 is 9.84 Å². The molecule has 0 atom stereocenters. The van der Waals surface area contributed by atoms with E-state index in [0.717, 1.165) is 23.9 Å². The molecule has 1 aromatic carbocycles. The third-order valence-corrected chi connectivity index (χ3v) is 4.22. The molecule has 1 aromatic heterocycles. The number of imidazole rings is 1. The summed E-state index contributed by atoms with van der Waals surface area (Å²) in [6, 6.07) is 7.16. The predicted octanol–water partition coefficient (Wildman–Crippen LogP) is 3.58. The molecule has 0 bridgehead atoms. The summed E-state index contributed by atoms with van der Waals surface area (Å²) in [6.45, 7) is 1.45. The highest BCUT2D eigenvalue weighted by Crippen LogP contribution is 2.13. The minimum absolute atomic E-state index is 0.117. The van der Waals surface area contributed by atoms with Crippen LogP contribution in [0.25, 0.3) is 5.69 Å². The number of nitrogens with one attached hydrogen (secondary N) is 1. The largest absolute Gasteiger partial charge is 0.493 e. The van der Waals surface area contributed by atoms with Gasteiger partial charge in [-0.1, -0.05) is 40.6 Å². The molecule has 0 unspecified atom stereocenters. The Hall–Kier alpha value is -1.97. The Morgan fingerprint density at radius 3 is 2.56 bits per heavy atom. The summed E-state index contributed by atoms with van der Waals surface area (Å²) < 4.78 is 6.76. The van der Waals surface area contributed by atoms with E-state index in [4.69, 9.17) is 4.74 Å². The number of halogens is 1. The Bertz CT molecular complexity index is 753. The number of nitrogens with zero attached hydrogens (tertiary/aromatic N) is 1. The molecule has 2 aromatic rings. The van der Waals surface area contributed by atoms with Gasteiger partial charge in [-0.25, -0.2) is 9.36 Å². The highest BCUT2D eigenvalue weighted by Gasteiger charge is 2.06. The number of hydrogen-bond donors (Lipinski definition) is 2. The van der Waals surface area contributed by atoms with E-state index >= 15 is 0 Å². The van der Waals surface area contributed by atoms with Gasteiger partial charge in [-0.05, 0) is 37.1 Å². The zero-order valence-corrected chi connectivity index (χ0v) is 15.7. The van der Waals surface area contributed by atoms with Crippen LogP contribution in [0.4, 0.5) is 0 Å². The molecule has 5 nitrogen and oxygen atoms in total. The molecule has 0 aliphatic carbocycles. The summed E-state index contributed by atoms with van der Waals surface area (Å²) in [6.07, 6.45) is 6.75. The van der Waals surface area contributed by atoms with Crippen molar-refractivity contribution >= 4 is 15.9 Å². The van der Waals surface area contributed by atoms with E-state index in [2.05, 4.69) is 32.8 Å². The van der Waals surface area contributed by atoms with Crippen molar-refractivity contribution in [1.82, 2.24) is 9.55 Å². The summed E-state index contributed by atoms with van der Waals surface area (Å²) in [5.41, 5.74) is 1.08. The average Bonchev–Trinajstić information content (AvgIpc) is 2.96. The quantitative estimate of drug-likeness (QED) is 0.379. The van der Waals surface area contributed by atoms with Crippen LogP contribution in [-0.2, 0) is 4.74 Å². The third-order valence-electron chi connectivity index (χ3n) is 3.66. The van der Waals surface area contributed by atoms with Crippen molar-refractivity contribution in [1.29, 1.82) is 0 Å². The third kappa shape index (κ3) is 6.45. The standard InChI is InChI=1S/C19H23BrN2O3/c20-12-4-1-2-5-13-25-14-6-3-7-16-8-10-17(11-9-16)22-18(23)15-21-19(22)24/h8-11,15,23H,1-2,4-6,12-14H2,(H,21,24). The van der Waals surface area contributed by atoms with E-state index < -0.39 is 0 Å². The van der Waals surface area contributed by atoms with Gasteiger partial charge in [0.25, 0.3) is 0 Å². The van der Waals surface area contributed by atoms with Crippen LogP contribution >= 0.6 is 15.9 Å². The summed E-state index contributed by atoms with van der Waals surface area (Å²) in [7, 11) is 0. The first-order chi connectivity index (χ1) is 12.2. The number of benzene rings is 1. The van der Waals surface area contributed by atoms with Gasteiger partial charge >= 0.3 is 5.69 Å². The molecule has 0 saturated carbocycles. The second-order valence-corrected chi connectivity index (χ2v) is 6.39. The minimum atomic E-state index is -0.374. The molecular formula is C19H23BrN2O3. The average molecular weight is 407 g/mol. The van der Waals surface area contributed by atoms with Crippen LogP contribution in [0.15, 0.2) is 35.3 Å². The molecule has 25 heavy (non-hydrogen) atoms. The topological polar surface area (TPSA) is 67.2 Å². The summed E-state index contributed by atoms with van der Waals surface area (Å²) in [5, 5.41) is 10.7. The second kappa shape index (κ2) is 10.8. The van der Waals surface area contributed by atoms with Crippen LogP contribution in [-0.4, -0.2) is 33.2 Å². The highest BCUT2D eigenvalue weighted by molar-refractivity contribution is 9.09. The van der Waals surface area contributed by atoms with Gasteiger partial charge in [0, 0.05) is 23.9 Å². The molecule has 0 amide bonds. The van der Waals surface area contributed by atoms with E-state index in [1.54, 1.807) is 12.1 Å². The molecule has 6 heteroatoms. The fourth-order valence-electron chi connectivity index (χ4n) is 2.34. The van der Waals surface area contributed by atoms with Crippen LogP contribution < -0.4 is 5.69 Å². The van der Waals surface area contributed by atoms with E-state index in [-0.39, 0.29) is 11.6 Å². The first kappa shape index (κ1) is 19.4. The maximum atomic E-state index is 11.6. The zero-order valence-electron chi connectivity index (χ0n) is 14.1. The van der Waals surface area contributed by atoms with Crippen molar-refractivity contribution in [3.63, 3.8) is 0 Å². The van der Waals surface area contributed by atoms with Gasteiger partial charge < -0.3 is 14.8 Å². The fourth-order valence-corrected chi connectivity index (χ4v) is 2.74. The Morgan fingerprint density at radius 2 is 1.88 bits per heavy atom. The van der Waals surface area contributed by atoms with Crippen LogP contribution in [0.1, 0.15) is 37.7 Å². The maximum Gasteiger partial charge on any atom is 0.333 e. The second-order valence-electron chi connectivity index (χ2n) is 5.60. The Labute approximate surface area is 156 Å². The van der Waals surface area contributed by atoms with Crippen molar-refractivity contribution in [2.75, 3.05) is 18.5 Å². The Morgan fingerprint density at radius 1 is 1.12 bits per heavy atom. The lowest BCUT2D eigenvalue weighted by Gasteiger charge is -2.02. The van der Waals surface area contributed by atoms with Crippen molar-refractivity contribution in [2.24, 2.45) is 0 Å². The summed E-state index contributed by atoms with van der Waals surface area (Å²) >= 11 is 3.43. The van der Waals surface area contributed by atoms with Crippen LogP contribution in [0.2, 0.25) is 0 Å². The van der Waals surface area contributed by atoms with Gasteiger partial charge in [0.1, 0.15) is 0 Å². The van der Waals surface area contributed by atoms with E-state index in [0.29, 0.717) is 18.7 Å². The predicted molar refractivity (Wildman–Crippen MR) is 103 cm³/mol. The number of hydrogen-bond acceptors (Lipinski definition) is 3. The Balaban J connectivity index is 1.72. The van der Waals surface area contributed by atoms with Crippen molar-refractivity contribution in [2.45, 2.75) is 32.1 Å². The molecule has 134 valence electrons. The number of aromatic amines is 1. The first-order valence-corrected chi connectivity index (χ1v) is 9.57. The highest BCUT2D eigenvalue weighted by atomic mass is 79.9. The monoisotopic (exact) mass is 406 g/mol. The van der Waals surface area contributed by atoms with E-state index in [1.165, 1.54) is 30.0 Å². The lowest BCUT2D eigenvalue weighted by atomic mass is 10.2. The van der Waals surface area contributed by atoms with Gasteiger partial charge in [0.05, 0.1) is 18.5 Å². The number of aromatic nitrogens is 2. The lowest BCUT2D eigenvalue weighted by molar-refractivity contribution is 0.135. The number of rotatable bonds is 9. The van der Waals surface area contributed by atoms with Crippen LogP contribution in [0.5, 0.6) is 5.88 Å². The van der Waals surface area contributed by atoms with E-state index in [1.807, 2.05) is 12.1 Å². The summed E-state index contributed by atoms with van der Waals surface area (Å²) in [4.78, 5) is 14.0. The SMILES string of the molecule is O=c1[nH]cc(O)n1-c1ccc(C#CCCOCCCCCCBr)cc1. The van der Waals surface area contributed by atoms with Gasteiger partial charge in [0.2, 0.25) is 5.88 Å². The summed E-state index contributed by atoms with van der Waals surface area (Å²) in [5.74, 6) is 6.04. The van der Waals surface area contributed by atoms with Crippen LogP contribution in [0, 0.1) is 11.8 Å². The number of unbranched alkanes of at least 4 members (excludes halogenated alkanes) is 3. The molecule has 0 aliphatic rings. The van der Waals surface area contributed by atoms with Gasteiger partial charge in [-0.2, -0.15) is 0 Å². The molecule has 2 N–H and O–H groups in total. The normalized spacial score (nSPS) is 10.4. The number of aromatic hydroxyl groups is 1. The maximum absolute atomic E-state index is 11.6. The molecule has 2 rings (SSSR count). The number of ether oxygens (including phenoxy) is 1. The van der Waals surface area contributed by atoms with Crippen molar-refractivity contribution in [3.8, 4) is 23.4 Å². The smallest absolute Gasteiger partial charge is 0.333 e. The Kier molecular flexibility index (Phi) is 8.36. The zero-order chi connectivity index (χ0) is 17.9. The molecule has 0 spiro atoms. The minimum Gasteiger partial charge on any atom is -0.493 e. The molecule has 0 radical (unpaired) electrons. The molecule has 0 aliphatic heterocycles. The van der Waals surface area contributed by atoms with Gasteiger partial charge in [0.15, 0.2) is 0 Å². The molecular weight excluding hydrogens is 384 g/mol. The van der Waals surface area contributed by atoms with Gasteiger partial charge in [-0.15, -0.1) is 0 Å². The van der Waals surface area contributed by atoms with E-state index in [9.17, 15) is 9.90 Å². The number of H-pyrrole nitrogens is 1. The first-order valence-electron chi connectivity index (χ1n) is 8.45. The van der Waals surface area contributed by atoms with Gasteiger partial charge in [-0.3, -0.25) is 0 Å². The number of alkyl halides is 1. The van der Waals surface area contributed by atoms with Crippen molar-refractivity contribution in [3.05, 3.63) is 46.5 Å². The molecule has 0 fully saturated rings.